The van der Waals surface area contributed by atoms with Gasteiger partial charge in [-0.15, -0.1) is 0 Å². The van der Waals surface area contributed by atoms with E-state index in [1.54, 1.807) is 13.0 Å². The maximum absolute atomic E-state index is 12.9. The number of fused-ring (bicyclic) bond motifs is 4. The number of ether oxygens (including phenoxy) is 1. The predicted molar refractivity (Wildman–Crippen MR) is 125 cm³/mol. The minimum atomic E-state index is -0.379. The quantitative estimate of drug-likeness (QED) is 0.276. The molecule has 4 nitrogen and oxygen atoms in total. The average molecular weight is 409 g/mol. The van der Waals surface area contributed by atoms with E-state index in [0.717, 1.165) is 44.0 Å². The van der Waals surface area contributed by atoms with Crippen molar-refractivity contribution >= 4 is 38.4 Å². The smallest absolute Gasteiger partial charge is 0.340 e. The lowest BCUT2D eigenvalue weighted by atomic mass is 9.99. The molecule has 0 aliphatic carbocycles. The van der Waals surface area contributed by atoms with Crippen molar-refractivity contribution < 1.29 is 14.6 Å². The highest BCUT2D eigenvalue weighted by molar-refractivity contribution is 6.19. The van der Waals surface area contributed by atoms with Gasteiger partial charge in [-0.1, -0.05) is 42.0 Å². The minimum Gasteiger partial charge on any atom is -0.507 e. The van der Waals surface area contributed by atoms with Gasteiger partial charge in [-0.2, -0.15) is 0 Å². The second kappa shape index (κ2) is 7.17. The summed E-state index contributed by atoms with van der Waals surface area (Å²) in [6, 6.07) is 22.1. The molecule has 1 heterocycles. The highest BCUT2D eigenvalue weighted by Gasteiger charge is 2.24. The number of aromatic nitrogens is 1. The fourth-order valence-corrected chi connectivity index (χ4v) is 4.46. The van der Waals surface area contributed by atoms with E-state index in [4.69, 9.17) is 4.74 Å². The molecule has 0 atom stereocenters. The Labute approximate surface area is 180 Å². The first-order valence-corrected chi connectivity index (χ1v) is 10.4. The summed E-state index contributed by atoms with van der Waals surface area (Å²) < 4.78 is 7.47. The average Bonchev–Trinajstić information content (AvgIpc) is 3.05. The molecule has 1 aromatic heterocycles. The first-order valence-electron chi connectivity index (χ1n) is 10.4. The Morgan fingerprint density at radius 2 is 1.55 bits per heavy atom. The molecule has 1 N–H and O–H groups in total. The Morgan fingerprint density at radius 3 is 2.19 bits per heavy atom. The standard InChI is InChI=1S/C27H23NO3/c1-4-31-27(30)25-17(3)28(20-11-9-16(2)10-12-20)26-22-14-19-8-6-5-7-18(19)13-21(22)24(29)15-23(25)26/h5-15,29H,4H2,1-3H3. The molecule has 0 radical (unpaired) electrons. The summed E-state index contributed by atoms with van der Waals surface area (Å²) in [5.74, 6) is -0.227. The number of rotatable bonds is 3. The van der Waals surface area contributed by atoms with Gasteiger partial charge < -0.3 is 14.4 Å². The van der Waals surface area contributed by atoms with Gasteiger partial charge in [-0.25, -0.2) is 4.79 Å². The molecule has 0 fully saturated rings. The third-order valence-corrected chi connectivity index (χ3v) is 5.91. The Morgan fingerprint density at radius 1 is 0.903 bits per heavy atom. The van der Waals surface area contributed by atoms with E-state index in [1.807, 2.05) is 38.1 Å². The largest absolute Gasteiger partial charge is 0.507 e. The second-order valence-electron chi connectivity index (χ2n) is 7.89. The first kappa shape index (κ1) is 19.2. The molecule has 31 heavy (non-hydrogen) atoms. The van der Waals surface area contributed by atoms with Gasteiger partial charge >= 0.3 is 5.97 Å². The third kappa shape index (κ3) is 2.95. The van der Waals surface area contributed by atoms with Crippen LogP contribution < -0.4 is 0 Å². The van der Waals surface area contributed by atoms with E-state index in [1.165, 1.54) is 0 Å². The van der Waals surface area contributed by atoms with Gasteiger partial charge in [0, 0.05) is 27.5 Å². The topological polar surface area (TPSA) is 51.5 Å². The number of nitrogens with zero attached hydrogens (tertiary/aromatic N) is 1. The number of esters is 1. The van der Waals surface area contributed by atoms with Gasteiger partial charge in [-0.05, 0) is 61.9 Å². The number of phenolic OH excluding ortho intramolecular Hbond substituents is 1. The number of benzene rings is 4. The fraction of sp³-hybridized carbons (Fsp3) is 0.148. The van der Waals surface area contributed by atoms with Crippen LogP contribution in [0, 0.1) is 13.8 Å². The summed E-state index contributed by atoms with van der Waals surface area (Å²) in [6.07, 6.45) is 0. The Balaban J connectivity index is 1.99. The Kier molecular flexibility index (Phi) is 4.44. The molecule has 4 aromatic carbocycles. The molecular formula is C27H23NO3. The summed E-state index contributed by atoms with van der Waals surface area (Å²) in [6.45, 7) is 6.06. The zero-order chi connectivity index (χ0) is 21.7. The summed E-state index contributed by atoms with van der Waals surface area (Å²) in [5.41, 5.74) is 4.30. The molecule has 0 amide bonds. The van der Waals surface area contributed by atoms with Crippen molar-refractivity contribution in [2.24, 2.45) is 0 Å². The van der Waals surface area contributed by atoms with E-state index in [0.29, 0.717) is 17.6 Å². The zero-order valence-corrected chi connectivity index (χ0v) is 17.8. The lowest BCUT2D eigenvalue weighted by Gasteiger charge is -2.12. The monoisotopic (exact) mass is 409 g/mol. The summed E-state index contributed by atoms with van der Waals surface area (Å²) in [4.78, 5) is 12.9. The molecule has 154 valence electrons. The fourth-order valence-electron chi connectivity index (χ4n) is 4.46. The SMILES string of the molecule is CCOC(=O)c1c(C)n(-c2ccc(C)cc2)c2c1cc(O)c1cc3ccccc3cc12. The van der Waals surface area contributed by atoms with Gasteiger partial charge in [0.05, 0.1) is 17.7 Å². The molecule has 0 saturated heterocycles. The van der Waals surface area contributed by atoms with Crippen LogP contribution in [0.25, 0.3) is 38.1 Å². The number of aromatic hydroxyl groups is 1. The molecule has 0 aliphatic heterocycles. The van der Waals surface area contributed by atoms with Gasteiger partial charge in [-0.3, -0.25) is 0 Å². The Bertz CT molecular complexity index is 1480. The lowest BCUT2D eigenvalue weighted by molar-refractivity contribution is 0.0527. The molecular weight excluding hydrogens is 386 g/mol. The predicted octanol–water partition coefficient (Wildman–Crippen LogP) is 6.44. The molecule has 4 heteroatoms. The van der Waals surface area contributed by atoms with Gasteiger partial charge in [0.15, 0.2) is 0 Å². The van der Waals surface area contributed by atoms with Crippen LogP contribution in [0.2, 0.25) is 0 Å². The minimum absolute atomic E-state index is 0.153. The van der Waals surface area contributed by atoms with Crippen molar-refractivity contribution in [1.29, 1.82) is 0 Å². The van der Waals surface area contributed by atoms with Crippen molar-refractivity contribution in [2.45, 2.75) is 20.8 Å². The molecule has 0 saturated carbocycles. The van der Waals surface area contributed by atoms with Crippen molar-refractivity contribution in [1.82, 2.24) is 4.57 Å². The number of carbonyl (C=O) groups excluding carboxylic acids is 1. The van der Waals surface area contributed by atoms with Crippen LogP contribution in [0.15, 0.2) is 66.7 Å². The normalized spacial score (nSPS) is 11.5. The van der Waals surface area contributed by atoms with Crippen LogP contribution in [-0.4, -0.2) is 22.2 Å². The Hall–Kier alpha value is -3.79. The van der Waals surface area contributed by atoms with Crippen molar-refractivity contribution in [3.63, 3.8) is 0 Å². The van der Waals surface area contributed by atoms with E-state index in [2.05, 4.69) is 41.0 Å². The maximum atomic E-state index is 12.9. The molecule has 5 aromatic rings. The molecule has 5 rings (SSSR count). The number of hydrogen-bond acceptors (Lipinski definition) is 3. The molecule has 0 spiro atoms. The number of hydrogen-bond donors (Lipinski definition) is 1. The lowest BCUT2D eigenvalue weighted by Crippen LogP contribution is -2.07. The van der Waals surface area contributed by atoms with Crippen molar-refractivity contribution in [3.05, 3.63) is 83.6 Å². The molecule has 0 unspecified atom stereocenters. The number of phenols is 1. The van der Waals surface area contributed by atoms with E-state index in [-0.39, 0.29) is 11.7 Å². The van der Waals surface area contributed by atoms with Gasteiger partial charge in [0.25, 0.3) is 0 Å². The van der Waals surface area contributed by atoms with E-state index < -0.39 is 0 Å². The van der Waals surface area contributed by atoms with Crippen LogP contribution in [0.3, 0.4) is 0 Å². The van der Waals surface area contributed by atoms with E-state index >= 15 is 0 Å². The van der Waals surface area contributed by atoms with Gasteiger partial charge in [0.1, 0.15) is 5.75 Å². The third-order valence-electron chi connectivity index (χ3n) is 5.91. The summed E-state index contributed by atoms with van der Waals surface area (Å²) in [5, 5.41) is 15.4. The second-order valence-corrected chi connectivity index (χ2v) is 7.89. The highest BCUT2D eigenvalue weighted by atomic mass is 16.5. The first-order chi connectivity index (χ1) is 15.0. The van der Waals surface area contributed by atoms with Crippen LogP contribution in [-0.2, 0) is 4.74 Å². The summed E-state index contributed by atoms with van der Waals surface area (Å²) in [7, 11) is 0. The van der Waals surface area contributed by atoms with Crippen molar-refractivity contribution in [2.75, 3.05) is 6.61 Å². The van der Waals surface area contributed by atoms with Crippen LogP contribution in [0.1, 0.15) is 28.5 Å². The van der Waals surface area contributed by atoms with Gasteiger partial charge in [0.2, 0.25) is 0 Å². The van der Waals surface area contributed by atoms with Crippen LogP contribution >= 0.6 is 0 Å². The van der Waals surface area contributed by atoms with Crippen LogP contribution in [0.4, 0.5) is 0 Å². The van der Waals surface area contributed by atoms with E-state index in [9.17, 15) is 9.90 Å². The molecule has 0 bridgehead atoms. The zero-order valence-electron chi connectivity index (χ0n) is 17.8. The highest BCUT2D eigenvalue weighted by Crippen LogP contribution is 2.40. The van der Waals surface area contributed by atoms with Crippen molar-refractivity contribution in [3.8, 4) is 11.4 Å². The maximum Gasteiger partial charge on any atom is 0.340 e. The summed E-state index contributed by atoms with van der Waals surface area (Å²) >= 11 is 0. The molecule has 0 aliphatic rings. The van der Waals surface area contributed by atoms with Crippen LogP contribution in [0.5, 0.6) is 5.75 Å². The number of carbonyl (C=O) groups is 1. The number of aryl methyl sites for hydroxylation is 1.